The molecule has 6 heteroatoms. The van der Waals surface area contributed by atoms with Crippen LogP contribution in [-0.2, 0) is 4.79 Å². The maximum absolute atomic E-state index is 12.5. The summed E-state index contributed by atoms with van der Waals surface area (Å²) in [5.41, 5.74) is 1.39. The van der Waals surface area contributed by atoms with Crippen LogP contribution in [0.1, 0.15) is 37.0 Å². The Bertz CT molecular complexity index is 521. The molecule has 1 saturated heterocycles. The van der Waals surface area contributed by atoms with Crippen molar-refractivity contribution in [1.29, 1.82) is 0 Å². The van der Waals surface area contributed by atoms with E-state index in [0.717, 1.165) is 43.2 Å². The van der Waals surface area contributed by atoms with Crippen LogP contribution in [0.25, 0.3) is 0 Å². The minimum Gasteiger partial charge on any atom is -0.339 e. The van der Waals surface area contributed by atoms with Crippen LogP contribution in [0.4, 0.5) is 5.69 Å². The molecule has 0 spiro atoms. The summed E-state index contributed by atoms with van der Waals surface area (Å²) in [6.45, 7) is 5.69. The smallest absolute Gasteiger partial charge is 0.253 e. The fraction of sp³-hybridized carbons (Fsp3) is 0.529. The molecule has 5 nitrogen and oxygen atoms in total. The van der Waals surface area contributed by atoms with Gasteiger partial charge in [-0.15, -0.1) is 11.8 Å². The van der Waals surface area contributed by atoms with Gasteiger partial charge in [0.15, 0.2) is 0 Å². The first kappa shape index (κ1) is 17.8. The molecule has 1 aromatic carbocycles. The summed E-state index contributed by atoms with van der Waals surface area (Å²) in [6.07, 6.45) is 1.90. The van der Waals surface area contributed by atoms with E-state index >= 15 is 0 Å². The first-order valence-electron chi connectivity index (χ1n) is 8.17. The van der Waals surface area contributed by atoms with Crippen LogP contribution in [0.15, 0.2) is 24.3 Å². The fourth-order valence-electron chi connectivity index (χ4n) is 2.53. The third-order valence-electron chi connectivity index (χ3n) is 3.71. The maximum Gasteiger partial charge on any atom is 0.253 e. The van der Waals surface area contributed by atoms with E-state index in [1.165, 1.54) is 0 Å². The lowest BCUT2D eigenvalue weighted by molar-refractivity contribution is -0.117. The van der Waals surface area contributed by atoms with Gasteiger partial charge >= 0.3 is 0 Å². The number of benzene rings is 1. The Kier molecular flexibility index (Phi) is 6.92. The van der Waals surface area contributed by atoms with Crippen LogP contribution in [-0.4, -0.2) is 47.5 Å². The number of hydrogen-bond donors (Lipinski definition) is 2. The summed E-state index contributed by atoms with van der Waals surface area (Å²) >= 11 is 1.72. The van der Waals surface area contributed by atoms with E-state index < -0.39 is 0 Å². The first-order chi connectivity index (χ1) is 11.2. The van der Waals surface area contributed by atoms with Gasteiger partial charge in [-0.2, -0.15) is 0 Å². The van der Waals surface area contributed by atoms with Crippen LogP contribution >= 0.6 is 11.8 Å². The van der Waals surface area contributed by atoms with Crippen molar-refractivity contribution >= 4 is 29.3 Å². The van der Waals surface area contributed by atoms with Gasteiger partial charge in [0.1, 0.15) is 0 Å². The van der Waals surface area contributed by atoms with Gasteiger partial charge in [-0.25, -0.2) is 0 Å². The van der Waals surface area contributed by atoms with Crippen molar-refractivity contribution < 1.29 is 9.59 Å². The van der Waals surface area contributed by atoms with Gasteiger partial charge in [-0.1, -0.05) is 13.8 Å². The second-order valence-electron chi connectivity index (χ2n) is 5.63. The molecule has 1 fully saturated rings. The molecule has 1 aromatic rings. The van der Waals surface area contributed by atoms with Crippen LogP contribution in [0.5, 0.6) is 0 Å². The molecule has 1 aliphatic rings. The van der Waals surface area contributed by atoms with Crippen LogP contribution in [0, 0.1) is 0 Å². The quantitative estimate of drug-likeness (QED) is 0.804. The number of thioether (sulfide) groups is 1. The second-order valence-corrected chi connectivity index (χ2v) is 6.66. The van der Waals surface area contributed by atoms with Gasteiger partial charge in [0.05, 0.1) is 6.04 Å². The fourth-order valence-corrected chi connectivity index (χ4v) is 3.47. The van der Waals surface area contributed by atoms with Crippen molar-refractivity contribution in [2.24, 2.45) is 0 Å². The molecule has 0 aliphatic carbocycles. The third kappa shape index (κ3) is 4.97. The highest BCUT2D eigenvalue weighted by Crippen LogP contribution is 2.15. The summed E-state index contributed by atoms with van der Waals surface area (Å²) in [4.78, 5) is 26.4. The zero-order valence-electron chi connectivity index (χ0n) is 13.8. The Hall–Kier alpha value is -1.53. The van der Waals surface area contributed by atoms with Gasteiger partial charge in [-0.05, 0) is 37.1 Å². The Morgan fingerprint density at radius 1 is 1.22 bits per heavy atom. The molecule has 0 aromatic heterocycles. The Labute approximate surface area is 142 Å². The molecule has 0 saturated carbocycles. The van der Waals surface area contributed by atoms with E-state index in [1.807, 2.05) is 4.90 Å². The van der Waals surface area contributed by atoms with E-state index in [0.29, 0.717) is 5.56 Å². The average Bonchev–Trinajstić information content (AvgIpc) is 3.09. The van der Waals surface area contributed by atoms with E-state index in [1.54, 1.807) is 36.0 Å². The van der Waals surface area contributed by atoms with Gasteiger partial charge in [0.25, 0.3) is 5.91 Å². The van der Waals surface area contributed by atoms with Crippen LogP contribution in [0.3, 0.4) is 0 Å². The number of carbonyl (C=O) groups is 2. The maximum atomic E-state index is 12.5. The minimum absolute atomic E-state index is 0.0207. The summed E-state index contributed by atoms with van der Waals surface area (Å²) in [6, 6.07) is 7.03. The number of hydrogen-bond acceptors (Lipinski definition) is 4. The predicted molar refractivity (Wildman–Crippen MR) is 95.8 cm³/mol. The zero-order valence-corrected chi connectivity index (χ0v) is 14.6. The van der Waals surface area contributed by atoms with Crippen molar-refractivity contribution in [2.45, 2.75) is 32.7 Å². The van der Waals surface area contributed by atoms with Gasteiger partial charge in [0, 0.05) is 36.0 Å². The molecule has 1 heterocycles. The summed E-state index contributed by atoms with van der Waals surface area (Å²) in [5.74, 6) is 1.65. The molecule has 126 valence electrons. The van der Waals surface area contributed by atoms with Crippen molar-refractivity contribution in [3.63, 3.8) is 0 Å². The highest BCUT2D eigenvalue weighted by atomic mass is 32.2. The molecular weight excluding hydrogens is 310 g/mol. The lowest BCUT2D eigenvalue weighted by Gasteiger charge is -2.21. The Morgan fingerprint density at radius 3 is 2.39 bits per heavy atom. The van der Waals surface area contributed by atoms with E-state index in [-0.39, 0.29) is 17.9 Å². The third-order valence-corrected chi connectivity index (χ3v) is 4.65. The molecule has 2 amide bonds. The van der Waals surface area contributed by atoms with Gasteiger partial charge in [-0.3, -0.25) is 14.9 Å². The summed E-state index contributed by atoms with van der Waals surface area (Å²) < 4.78 is 0. The number of nitrogens with one attached hydrogen (secondary N) is 2. The van der Waals surface area contributed by atoms with Crippen molar-refractivity contribution in [1.82, 2.24) is 10.2 Å². The van der Waals surface area contributed by atoms with Gasteiger partial charge < -0.3 is 10.2 Å². The molecule has 1 unspecified atom stereocenters. The summed E-state index contributed by atoms with van der Waals surface area (Å²) in [7, 11) is 0. The van der Waals surface area contributed by atoms with E-state index in [2.05, 4.69) is 24.5 Å². The lowest BCUT2D eigenvalue weighted by Crippen LogP contribution is -2.37. The minimum atomic E-state index is -0.133. The van der Waals surface area contributed by atoms with Crippen molar-refractivity contribution in [3.8, 4) is 0 Å². The number of amides is 2. The van der Waals surface area contributed by atoms with Crippen molar-refractivity contribution in [3.05, 3.63) is 29.8 Å². The molecule has 0 bridgehead atoms. The molecule has 1 atom stereocenters. The lowest BCUT2D eigenvalue weighted by atomic mass is 10.1. The van der Waals surface area contributed by atoms with Crippen LogP contribution in [0.2, 0.25) is 0 Å². The SMILES string of the molecule is CCCN(CCC)C(=O)c1ccc(NC(=O)C2CSCN2)cc1. The number of carbonyl (C=O) groups excluding carboxylic acids is 2. The molecule has 2 N–H and O–H groups in total. The molecule has 2 rings (SSSR count). The van der Waals surface area contributed by atoms with Crippen LogP contribution < -0.4 is 10.6 Å². The number of anilines is 1. The number of nitrogens with zero attached hydrogens (tertiary/aromatic N) is 1. The largest absolute Gasteiger partial charge is 0.339 e. The Morgan fingerprint density at radius 2 is 1.87 bits per heavy atom. The topological polar surface area (TPSA) is 61.4 Å². The molecular formula is C17H25N3O2S. The van der Waals surface area contributed by atoms with Crippen molar-refractivity contribution in [2.75, 3.05) is 30.0 Å². The predicted octanol–water partition coefficient (Wildman–Crippen LogP) is 2.55. The first-order valence-corrected chi connectivity index (χ1v) is 9.32. The number of rotatable bonds is 7. The van der Waals surface area contributed by atoms with E-state index in [4.69, 9.17) is 0 Å². The molecule has 1 aliphatic heterocycles. The molecule has 23 heavy (non-hydrogen) atoms. The average molecular weight is 335 g/mol. The van der Waals surface area contributed by atoms with E-state index in [9.17, 15) is 9.59 Å². The normalized spacial score (nSPS) is 17.0. The standard InChI is InChI=1S/C17H25N3O2S/c1-3-9-20(10-4-2)17(22)13-5-7-14(8-6-13)19-16(21)15-11-23-12-18-15/h5-8,15,18H,3-4,9-12H2,1-2H3,(H,19,21). The zero-order chi connectivity index (χ0) is 16.7. The highest BCUT2D eigenvalue weighted by Gasteiger charge is 2.22. The monoisotopic (exact) mass is 335 g/mol. The highest BCUT2D eigenvalue weighted by molar-refractivity contribution is 7.99. The molecule has 0 radical (unpaired) electrons. The second kappa shape index (κ2) is 8.93. The van der Waals surface area contributed by atoms with Gasteiger partial charge in [0.2, 0.25) is 5.91 Å². The summed E-state index contributed by atoms with van der Waals surface area (Å²) in [5, 5.41) is 6.03. The Balaban J connectivity index is 1.97.